The summed E-state index contributed by atoms with van der Waals surface area (Å²) in [5.41, 5.74) is 5.97. The van der Waals surface area contributed by atoms with Gasteiger partial charge in [-0.15, -0.1) is 0 Å². The van der Waals surface area contributed by atoms with Gasteiger partial charge in [-0.3, -0.25) is 14.9 Å². The molecule has 104 valence electrons. The van der Waals surface area contributed by atoms with Crippen molar-refractivity contribution in [3.63, 3.8) is 0 Å². The summed E-state index contributed by atoms with van der Waals surface area (Å²) in [5, 5.41) is 13.3. The number of nitrogens with one attached hydrogen (secondary N) is 1. The van der Waals surface area contributed by atoms with Gasteiger partial charge < -0.3 is 11.1 Å². The first-order chi connectivity index (χ1) is 8.93. The molecule has 0 fully saturated rings. The fourth-order valence-electron chi connectivity index (χ4n) is 1.45. The summed E-state index contributed by atoms with van der Waals surface area (Å²) in [6.45, 7) is 2.53. The van der Waals surface area contributed by atoms with Crippen LogP contribution in [0.2, 0.25) is 0 Å². The van der Waals surface area contributed by atoms with Crippen molar-refractivity contribution in [1.29, 1.82) is 0 Å². The molecule has 1 rings (SSSR count). The van der Waals surface area contributed by atoms with Crippen LogP contribution in [0.15, 0.2) is 22.7 Å². The zero-order valence-corrected chi connectivity index (χ0v) is 12.1. The van der Waals surface area contributed by atoms with Gasteiger partial charge in [0.1, 0.15) is 0 Å². The van der Waals surface area contributed by atoms with Crippen LogP contribution in [0.4, 0.5) is 11.4 Å². The second-order valence-electron chi connectivity index (χ2n) is 4.35. The molecule has 1 aromatic rings. The largest absolute Gasteiger partial charge is 0.330 e. The molecule has 1 atom stereocenters. The van der Waals surface area contributed by atoms with E-state index in [2.05, 4.69) is 21.2 Å². The summed E-state index contributed by atoms with van der Waals surface area (Å²) in [7, 11) is 0. The minimum atomic E-state index is -0.487. The maximum atomic E-state index is 11.7. The van der Waals surface area contributed by atoms with Gasteiger partial charge in [0.05, 0.1) is 9.40 Å². The third kappa shape index (κ3) is 4.96. The maximum Gasteiger partial charge on any atom is 0.283 e. The van der Waals surface area contributed by atoms with E-state index in [4.69, 9.17) is 5.73 Å². The van der Waals surface area contributed by atoms with Gasteiger partial charge in [0.15, 0.2) is 0 Å². The highest BCUT2D eigenvalue weighted by Gasteiger charge is 2.13. The normalized spacial score (nSPS) is 11.9. The number of halogens is 1. The average molecular weight is 330 g/mol. The van der Waals surface area contributed by atoms with Crippen LogP contribution in [0, 0.1) is 16.0 Å². The van der Waals surface area contributed by atoms with E-state index in [0.717, 1.165) is 6.42 Å². The van der Waals surface area contributed by atoms with Crippen molar-refractivity contribution in [3.8, 4) is 0 Å². The smallest absolute Gasteiger partial charge is 0.283 e. The summed E-state index contributed by atoms with van der Waals surface area (Å²) in [5.74, 6) is 0.176. The van der Waals surface area contributed by atoms with Crippen molar-refractivity contribution in [2.45, 2.75) is 19.8 Å². The van der Waals surface area contributed by atoms with E-state index >= 15 is 0 Å². The van der Waals surface area contributed by atoms with Gasteiger partial charge in [0.25, 0.3) is 5.69 Å². The lowest BCUT2D eigenvalue weighted by Crippen LogP contribution is -2.16. The Morgan fingerprint density at radius 1 is 1.58 bits per heavy atom. The van der Waals surface area contributed by atoms with E-state index in [0.29, 0.717) is 29.0 Å². The molecule has 1 aromatic carbocycles. The number of nitro benzene ring substituents is 1. The number of carbonyl (C=O) groups excluding carboxylic acids is 1. The summed E-state index contributed by atoms with van der Waals surface area (Å²) < 4.78 is 0.339. The average Bonchev–Trinajstić information content (AvgIpc) is 2.35. The lowest BCUT2D eigenvalue weighted by Gasteiger charge is -2.09. The van der Waals surface area contributed by atoms with Gasteiger partial charge in [-0.2, -0.15) is 0 Å². The number of nitrogens with two attached hydrogens (primary N) is 1. The first kappa shape index (κ1) is 15.6. The number of rotatable bonds is 6. The van der Waals surface area contributed by atoms with Crippen LogP contribution in [-0.2, 0) is 4.79 Å². The van der Waals surface area contributed by atoms with Crippen molar-refractivity contribution < 1.29 is 9.72 Å². The highest BCUT2D eigenvalue weighted by molar-refractivity contribution is 9.10. The van der Waals surface area contributed by atoms with Crippen LogP contribution in [0.1, 0.15) is 19.8 Å². The van der Waals surface area contributed by atoms with Crippen LogP contribution in [0.25, 0.3) is 0 Å². The van der Waals surface area contributed by atoms with Crippen molar-refractivity contribution in [2.75, 3.05) is 11.9 Å². The van der Waals surface area contributed by atoms with Crippen molar-refractivity contribution in [3.05, 3.63) is 32.8 Å². The zero-order valence-electron chi connectivity index (χ0n) is 10.6. The summed E-state index contributed by atoms with van der Waals surface area (Å²) in [6.07, 6.45) is 1.10. The Hall–Kier alpha value is -1.47. The fraction of sp³-hybridized carbons (Fsp3) is 0.417. The van der Waals surface area contributed by atoms with E-state index in [1.165, 1.54) is 18.2 Å². The Bertz CT molecular complexity index is 479. The molecular weight excluding hydrogens is 314 g/mol. The van der Waals surface area contributed by atoms with Crippen LogP contribution in [0.3, 0.4) is 0 Å². The third-order valence-corrected chi connectivity index (χ3v) is 3.33. The van der Waals surface area contributed by atoms with E-state index in [1.54, 1.807) is 0 Å². The van der Waals surface area contributed by atoms with Crippen molar-refractivity contribution >= 4 is 33.2 Å². The minimum Gasteiger partial charge on any atom is -0.330 e. The molecule has 19 heavy (non-hydrogen) atoms. The molecule has 1 unspecified atom stereocenters. The van der Waals surface area contributed by atoms with E-state index in [-0.39, 0.29) is 11.6 Å². The van der Waals surface area contributed by atoms with Crippen LogP contribution in [0.5, 0.6) is 0 Å². The molecule has 0 aliphatic heterocycles. The Kier molecular flexibility index (Phi) is 5.91. The summed E-state index contributed by atoms with van der Waals surface area (Å²) in [6, 6.07) is 4.37. The SMILES string of the molecule is CC(CN)CCC(=O)Nc1ccc([N+](=O)[O-])c(Br)c1. The van der Waals surface area contributed by atoms with Gasteiger partial charge in [0.2, 0.25) is 5.91 Å². The molecule has 1 amide bonds. The third-order valence-electron chi connectivity index (χ3n) is 2.69. The molecule has 0 spiro atoms. The molecule has 0 heterocycles. The maximum absolute atomic E-state index is 11.7. The van der Waals surface area contributed by atoms with Gasteiger partial charge in [-0.05, 0) is 46.9 Å². The molecule has 0 saturated carbocycles. The Balaban J connectivity index is 2.60. The molecule has 0 aliphatic carbocycles. The number of nitro groups is 1. The molecule has 0 radical (unpaired) electrons. The number of nitrogens with zero attached hydrogens (tertiary/aromatic N) is 1. The highest BCUT2D eigenvalue weighted by atomic mass is 79.9. The summed E-state index contributed by atoms with van der Waals surface area (Å²) >= 11 is 3.10. The molecular formula is C12H16BrN3O3. The number of anilines is 1. The molecule has 0 saturated heterocycles. The van der Waals surface area contributed by atoms with Crippen LogP contribution in [-0.4, -0.2) is 17.4 Å². The highest BCUT2D eigenvalue weighted by Crippen LogP contribution is 2.27. The van der Waals surface area contributed by atoms with E-state index < -0.39 is 4.92 Å². The van der Waals surface area contributed by atoms with E-state index in [1.807, 2.05) is 6.92 Å². The molecule has 0 aromatic heterocycles. The fourth-order valence-corrected chi connectivity index (χ4v) is 1.98. The van der Waals surface area contributed by atoms with Crippen molar-refractivity contribution in [1.82, 2.24) is 0 Å². The van der Waals surface area contributed by atoms with Gasteiger partial charge in [-0.25, -0.2) is 0 Å². The number of hydrogen-bond acceptors (Lipinski definition) is 4. The van der Waals surface area contributed by atoms with Crippen molar-refractivity contribution in [2.24, 2.45) is 11.7 Å². The van der Waals surface area contributed by atoms with E-state index in [9.17, 15) is 14.9 Å². The zero-order chi connectivity index (χ0) is 14.4. The topological polar surface area (TPSA) is 98.3 Å². The molecule has 3 N–H and O–H groups in total. The predicted octanol–water partition coefficient (Wildman–Crippen LogP) is 2.67. The molecule has 6 nitrogen and oxygen atoms in total. The predicted molar refractivity (Wildman–Crippen MR) is 76.9 cm³/mol. The number of hydrogen-bond donors (Lipinski definition) is 2. The van der Waals surface area contributed by atoms with Crippen LogP contribution < -0.4 is 11.1 Å². The van der Waals surface area contributed by atoms with Gasteiger partial charge >= 0.3 is 0 Å². The Labute approximate surface area is 119 Å². The number of carbonyl (C=O) groups is 1. The van der Waals surface area contributed by atoms with Crippen LogP contribution >= 0.6 is 15.9 Å². The standard InChI is InChI=1S/C12H16BrN3O3/c1-8(7-14)2-5-12(17)15-9-3-4-11(16(18)19)10(13)6-9/h3-4,6,8H,2,5,7,14H2,1H3,(H,15,17). The molecule has 0 bridgehead atoms. The second-order valence-corrected chi connectivity index (χ2v) is 5.21. The van der Waals surface area contributed by atoms with Gasteiger partial charge in [-0.1, -0.05) is 6.92 Å². The molecule has 7 heteroatoms. The lowest BCUT2D eigenvalue weighted by atomic mass is 10.1. The first-order valence-corrected chi connectivity index (χ1v) is 6.67. The number of benzene rings is 1. The summed E-state index contributed by atoms with van der Waals surface area (Å²) in [4.78, 5) is 21.8. The minimum absolute atomic E-state index is 0.0326. The van der Waals surface area contributed by atoms with Gasteiger partial charge in [0, 0.05) is 18.2 Å². The molecule has 0 aliphatic rings. The Morgan fingerprint density at radius 2 is 2.26 bits per heavy atom. The number of amides is 1. The quantitative estimate of drug-likeness (QED) is 0.619. The second kappa shape index (κ2) is 7.20. The lowest BCUT2D eigenvalue weighted by molar-refractivity contribution is -0.385. The monoisotopic (exact) mass is 329 g/mol. The Morgan fingerprint density at radius 3 is 2.79 bits per heavy atom. The first-order valence-electron chi connectivity index (χ1n) is 5.88.